The molecular formula is C18H13ClN4O2. The van der Waals surface area contributed by atoms with E-state index in [9.17, 15) is 15.4 Å². The summed E-state index contributed by atoms with van der Waals surface area (Å²) < 4.78 is 0. The number of halogens is 1. The third kappa shape index (κ3) is 3.23. The van der Waals surface area contributed by atoms with E-state index in [2.05, 4.69) is 16.0 Å². The van der Waals surface area contributed by atoms with Crippen molar-refractivity contribution in [1.82, 2.24) is 9.97 Å². The zero-order valence-electron chi connectivity index (χ0n) is 13.5. The molecule has 2 aromatic carbocycles. The van der Waals surface area contributed by atoms with E-state index in [1.807, 2.05) is 26.0 Å². The molecule has 3 rings (SSSR count). The largest absolute Gasteiger partial charge is 0.337 e. The molecule has 6 nitrogen and oxygen atoms in total. The van der Waals surface area contributed by atoms with Gasteiger partial charge in [-0.15, -0.1) is 0 Å². The van der Waals surface area contributed by atoms with Crippen LogP contribution in [0.1, 0.15) is 22.5 Å². The Morgan fingerprint density at radius 3 is 2.72 bits per heavy atom. The summed E-state index contributed by atoms with van der Waals surface area (Å²) in [5.74, 6) is 0.417. The lowest BCUT2D eigenvalue weighted by Crippen LogP contribution is -1.90. The number of allylic oxidation sites excluding steroid dienone is 1. The summed E-state index contributed by atoms with van der Waals surface area (Å²) in [5, 5.41) is 20.5. The molecule has 0 unspecified atom stereocenters. The topological polar surface area (TPSA) is 95.6 Å². The second-order valence-corrected chi connectivity index (χ2v) is 6.08. The summed E-state index contributed by atoms with van der Waals surface area (Å²) >= 11 is 5.82. The van der Waals surface area contributed by atoms with Crippen molar-refractivity contribution in [2.45, 2.75) is 13.8 Å². The van der Waals surface area contributed by atoms with Crippen molar-refractivity contribution in [3.63, 3.8) is 0 Å². The summed E-state index contributed by atoms with van der Waals surface area (Å²) in [6.07, 6.45) is 1.54. The van der Waals surface area contributed by atoms with Crippen molar-refractivity contribution in [1.29, 1.82) is 5.26 Å². The lowest BCUT2D eigenvalue weighted by molar-refractivity contribution is -0.384. The normalized spacial score (nSPS) is 11.5. The van der Waals surface area contributed by atoms with Gasteiger partial charge in [0.25, 0.3) is 5.69 Å². The van der Waals surface area contributed by atoms with Crippen molar-refractivity contribution >= 4 is 40.0 Å². The van der Waals surface area contributed by atoms with Crippen LogP contribution in [0.4, 0.5) is 5.69 Å². The molecule has 0 saturated heterocycles. The Bertz CT molecular complexity index is 1040. The van der Waals surface area contributed by atoms with Crippen LogP contribution in [0.2, 0.25) is 5.02 Å². The van der Waals surface area contributed by atoms with Crippen LogP contribution in [-0.2, 0) is 0 Å². The van der Waals surface area contributed by atoms with Crippen LogP contribution < -0.4 is 0 Å². The van der Waals surface area contributed by atoms with Gasteiger partial charge < -0.3 is 4.98 Å². The minimum Gasteiger partial charge on any atom is -0.337 e. The van der Waals surface area contributed by atoms with E-state index in [0.717, 1.165) is 22.2 Å². The Balaban J connectivity index is 2.09. The lowest BCUT2D eigenvalue weighted by Gasteiger charge is -1.98. The molecule has 0 spiro atoms. The van der Waals surface area contributed by atoms with Crippen molar-refractivity contribution in [2.24, 2.45) is 0 Å². The zero-order chi connectivity index (χ0) is 18.1. The van der Waals surface area contributed by atoms with E-state index < -0.39 is 4.92 Å². The van der Waals surface area contributed by atoms with Crippen LogP contribution in [0.5, 0.6) is 0 Å². The predicted molar refractivity (Wildman–Crippen MR) is 97.2 cm³/mol. The molecule has 1 N–H and O–H groups in total. The van der Waals surface area contributed by atoms with Gasteiger partial charge in [0.15, 0.2) is 0 Å². The molecule has 0 radical (unpaired) electrons. The van der Waals surface area contributed by atoms with Crippen LogP contribution >= 0.6 is 11.6 Å². The second-order valence-electron chi connectivity index (χ2n) is 5.68. The molecule has 1 heterocycles. The van der Waals surface area contributed by atoms with E-state index in [-0.39, 0.29) is 16.3 Å². The van der Waals surface area contributed by atoms with E-state index in [0.29, 0.717) is 11.4 Å². The fraction of sp³-hybridized carbons (Fsp3) is 0.111. The number of nitro benzene ring substituents is 1. The molecule has 0 atom stereocenters. The molecule has 0 aliphatic carbocycles. The average molecular weight is 353 g/mol. The number of aromatic nitrogens is 2. The van der Waals surface area contributed by atoms with Crippen molar-refractivity contribution in [2.75, 3.05) is 0 Å². The number of aryl methyl sites for hydroxylation is 2. The second kappa shape index (κ2) is 6.38. The minimum atomic E-state index is -0.557. The van der Waals surface area contributed by atoms with Gasteiger partial charge in [0, 0.05) is 6.07 Å². The minimum absolute atomic E-state index is 0.0512. The quantitative estimate of drug-likeness (QED) is 0.415. The fourth-order valence-electron chi connectivity index (χ4n) is 2.48. The summed E-state index contributed by atoms with van der Waals surface area (Å²) in [5.41, 5.74) is 4.41. The van der Waals surface area contributed by atoms with Crippen molar-refractivity contribution < 1.29 is 4.92 Å². The first kappa shape index (κ1) is 16.7. The first-order chi connectivity index (χ1) is 11.9. The highest BCUT2D eigenvalue weighted by atomic mass is 35.5. The number of nitro groups is 1. The summed E-state index contributed by atoms with van der Waals surface area (Å²) in [7, 11) is 0. The van der Waals surface area contributed by atoms with Crippen LogP contribution in [0.3, 0.4) is 0 Å². The summed E-state index contributed by atoms with van der Waals surface area (Å²) in [6.45, 7) is 4.00. The molecule has 124 valence electrons. The van der Waals surface area contributed by atoms with Gasteiger partial charge >= 0.3 is 0 Å². The van der Waals surface area contributed by atoms with E-state index in [1.165, 1.54) is 12.1 Å². The van der Waals surface area contributed by atoms with Crippen LogP contribution in [-0.4, -0.2) is 14.9 Å². The number of hydrogen-bond donors (Lipinski definition) is 1. The van der Waals surface area contributed by atoms with Crippen molar-refractivity contribution in [3.8, 4) is 6.07 Å². The molecule has 0 bridgehead atoms. The molecule has 7 heteroatoms. The molecule has 1 aromatic heterocycles. The van der Waals surface area contributed by atoms with Gasteiger partial charge in [-0.2, -0.15) is 5.26 Å². The number of H-pyrrole nitrogens is 1. The standard InChI is InChI=1S/C18H13ClN4O2/c1-10-5-15-16(6-11(10)2)22-18(21-15)13(9-20)7-12-3-4-14(19)17(8-12)23(24)25/h3-8H,1-2H3,(H,21,22)/b13-7-. The number of nitrogens with zero attached hydrogens (tertiary/aromatic N) is 3. The Morgan fingerprint density at radius 2 is 2.04 bits per heavy atom. The Morgan fingerprint density at radius 1 is 1.32 bits per heavy atom. The fourth-order valence-corrected chi connectivity index (χ4v) is 2.66. The first-order valence-electron chi connectivity index (χ1n) is 7.42. The SMILES string of the molecule is Cc1cc2nc(/C(C#N)=C\c3ccc(Cl)c([N+](=O)[O-])c3)[nH]c2cc1C. The number of rotatable bonds is 3. The van der Waals surface area contributed by atoms with Gasteiger partial charge in [0.2, 0.25) is 0 Å². The van der Waals surface area contributed by atoms with Gasteiger partial charge in [-0.1, -0.05) is 17.7 Å². The summed E-state index contributed by atoms with van der Waals surface area (Å²) in [4.78, 5) is 18.0. The molecule has 0 fully saturated rings. The molecule has 0 aliphatic heterocycles. The third-order valence-corrected chi connectivity index (χ3v) is 4.27. The first-order valence-corrected chi connectivity index (χ1v) is 7.80. The van der Waals surface area contributed by atoms with Gasteiger partial charge in [-0.3, -0.25) is 10.1 Å². The maximum atomic E-state index is 11.0. The number of imidazole rings is 1. The van der Waals surface area contributed by atoms with Crippen LogP contribution in [0, 0.1) is 35.3 Å². The number of benzene rings is 2. The predicted octanol–water partition coefficient (Wildman–Crippen LogP) is 4.81. The Labute approximate surface area is 148 Å². The number of aromatic amines is 1. The molecule has 0 amide bonds. The highest BCUT2D eigenvalue weighted by molar-refractivity contribution is 6.32. The van der Waals surface area contributed by atoms with Gasteiger partial charge in [-0.25, -0.2) is 4.98 Å². The third-order valence-electron chi connectivity index (χ3n) is 3.95. The zero-order valence-corrected chi connectivity index (χ0v) is 14.3. The Hall–Kier alpha value is -3.17. The van der Waals surface area contributed by atoms with Gasteiger partial charge in [-0.05, 0) is 54.8 Å². The number of fused-ring (bicyclic) bond motifs is 1. The average Bonchev–Trinajstić information content (AvgIpc) is 2.96. The highest BCUT2D eigenvalue weighted by Gasteiger charge is 2.14. The van der Waals surface area contributed by atoms with E-state index in [4.69, 9.17) is 11.6 Å². The molecule has 3 aromatic rings. The Kier molecular flexibility index (Phi) is 4.26. The number of nitrogens with one attached hydrogen (secondary N) is 1. The number of nitriles is 1. The van der Waals surface area contributed by atoms with Gasteiger partial charge in [0.05, 0.1) is 21.5 Å². The molecular weight excluding hydrogens is 340 g/mol. The smallest absolute Gasteiger partial charge is 0.288 e. The van der Waals surface area contributed by atoms with Crippen LogP contribution in [0.25, 0.3) is 22.7 Å². The molecule has 0 saturated carbocycles. The number of hydrogen-bond acceptors (Lipinski definition) is 4. The lowest BCUT2D eigenvalue weighted by atomic mass is 10.1. The summed E-state index contributed by atoms with van der Waals surface area (Å²) in [6, 6.07) is 10.4. The molecule has 25 heavy (non-hydrogen) atoms. The van der Waals surface area contributed by atoms with E-state index in [1.54, 1.807) is 12.1 Å². The highest BCUT2D eigenvalue weighted by Crippen LogP contribution is 2.27. The molecule has 0 aliphatic rings. The maximum absolute atomic E-state index is 11.0. The van der Waals surface area contributed by atoms with Gasteiger partial charge in [0.1, 0.15) is 16.9 Å². The van der Waals surface area contributed by atoms with Crippen molar-refractivity contribution in [3.05, 3.63) is 68.0 Å². The maximum Gasteiger partial charge on any atom is 0.288 e. The monoisotopic (exact) mass is 352 g/mol. The van der Waals surface area contributed by atoms with Crippen LogP contribution in [0.15, 0.2) is 30.3 Å². The van der Waals surface area contributed by atoms with E-state index >= 15 is 0 Å².